The Hall–Kier alpha value is -1.13. The number of benzene rings is 1. The molecule has 20 heavy (non-hydrogen) atoms. The molecule has 0 radical (unpaired) electrons. The average Bonchev–Trinajstić information content (AvgIpc) is 2.44. The predicted octanol–water partition coefficient (Wildman–Crippen LogP) is 3.73. The van der Waals surface area contributed by atoms with Crippen molar-refractivity contribution in [1.29, 1.82) is 0 Å². The smallest absolute Gasteiger partial charge is 0.226 e. The molecule has 110 valence electrons. The average molecular weight is 299 g/mol. The third kappa shape index (κ3) is 3.70. The van der Waals surface area contributed by atoms with E-state index in [4.69, 9.17) is 11.6 Å². The molecule has 1 saturated carbocycles. The minimum Gasteiger partial charge on any atom is -0.325 e. The van der Waals surface area contributed by atoms with Crippen LogP contribution in [-0.4, -0.2) is 18.5 Å². The van der Waals surface area contributed by atoms with Gasteiger partial charge in [0, 0.05) is 12.0 Å². The first-order chi connectivity index (χ1) is 9.54. The number of anilines is 1. The summed E-state index contributed by atoms with van der Waals surface area (Å²) >= 11 is 5.95. The van der Waals surface area contributed by atoms with Crippen LogP contribution in [0.15, 0.2) is 18.2 Å². The molecule has 0 spiro atoms. The molecule has 0 aromatic heterocycles. The molecular weight excluding hydrogens is 279 g/mol. The number of carbonyl (C=O) groups excluding carboxylic acids is 1. The van der Waals surface area contributed by atoms with E-state index in [9.17, 15) is 9.18 Å². The lowest BCUT2D eigenvalue weighted by Crippen LogP contribution is -2.47. The Bertz CT molecular complexity index is 487. The molecule has 0 heterocycles. The zero-order chi connectivity index (χ0) is 14.6. The summed E-state index contributed by atoms with van der Waals surface area (Å²) in [6.07, 6.45) is 5.86. The zero-order valence-electron chi connectivity index (χ0n) is 11.6. The van der Waals surface area contributed by atoms with Gasteiger partial charge < -0.3 is 10.6 Å². The Morgan fingerprint density at radius 2 is 2.05 bits per heavy atom. The lowest BCUT2D eigenvalue weighted by atomic mass is 9.79. The molecule has 1 aliphatic carbocycles. The molecule has 1 aromatic carbocycles. The van der Waals surface area contributed by atoms with Crippen LogP contribution in [0.5, 0.6) is 0 Å². The van der Waals surface area contributed by atoms with Gasteiger partial charge in [-0.15, -0.1) is 0 Å². The number of hydrogen-bond donors (Lipinski definition) is 2. The second-order valence-electron chi connectivity index (χ2n) is 5.44. The molecule has 1 aliphatic rings. The molecule has 2 rings (SSSR count). The molecule has 0 aliphatic heterocycles. The molecule has 2 N–H and O–H groups in total. The molecule has 5 heteroatoms. The van der Waals surface area contributed by atoms with E-state index < -0.39 is 5.82 Å². The summed E-state index contributed by atoms with van der Waals surface area (Å²) in [5.74, 6) is -0.542. The van der Waals surface area contributed by atoms with E-state index in [1.54, 1.807) is 0 Å². The summed E-state index contributed by atoms with van der Waals surface area (Å²) in [6, 6.07) is 3.96. The SMILES string of the molecule is CNC1(CC(=O)Nc2cc(F)ccc2Cl)CCCCC1. The molecule has 0 atom stereocenters. The third-order valence-corrected chi connectivity index (χ3v) is 4.37. The number of nitrogens with one attached hydrogen (secondary N) is 2. The topological polar surface area (TPSA) is 41.1 Å². The van der Waals surface area contributed by atoms with Crippen LogP contribution in [0.1, 0.15) is 38.5 Å². The first kappa shape index (κ1) is 15.3. The maximum atomic E-state index is 13.2. The van der Waals surface area contributed by atoms with Crippen LogP contribution in [-0.2, 0) is 4.79 Å². The summed E-state index contributed by atoms with van der Waals surface area (Å²) in [6.45, 7) is 0. The van der Waals surface area contributed by atoms with Crippen molar-refractivity contribution in [2.45, 2.75) is 44.1 Å². The van der Waals surface area contributed by atoms with E-state index in [0.29, 0.717) is 17.1 Å². The van der Waals surface area contributed by atoms with Crippen LogP contribution in [0.4, 0.5) is 10.1 Å². The lowest BCUT2D eigenvalue weighted by Gasteiger charge is -2.36. The standard InChI is InChI=1S/C15H20ClFN2O/c1-18-15(7-3-2-4-8-15)10-14(20)19-13-9-11(17)5-6-12(13)16/h5-6,9,18H,2-4,7-8,10H2,1H3,(H,19,20). The predicted molar refractivity (Wildman–Crippen MR) is 79.5 cm³/mol. The zero-order valence-corrected chi connectivity index (χ0v) is 12.4. The summed E-state index contributed by atoms with van der Waals surface area (Å²) in [4.78, 5) is 12.2. The number of amides is 1. The van der Waals surface area contributed by atoms with Gasteiger partial charge in [0.1, 0.15) is 5.82 Å². The largest absolute Gasteiger partial charge is 0.325 e. The normalized spacial score (nSPS) is 17.8. The van der Waals surface area contributed by atoms with Gasteiger partial charge in [0.05, 0.1) is 10.7 Å². The third-order valence-electron chi connectivity index (χ3n) is 4.04. The van der Waals surface area contributed by atoms with Crippen LogP contribution in [0.3, 0.4) is 0 Å². The fourth-order valence-corrected chi connectivity index (χ4v) is 3.00. The number of halogens is 2. The monoisotopic (exact) mass is 298 g/mol. The summed E-state index contributed by atoms with van der Waals surface area (Å²) in [5.41, 5.74) is 0.195. The van der Waals surface area contributed by atoms with Crippen molar-refractivity contribution in [3.63, 3.8) is 0 Å². The van der Waals surface area contributed by atoms with Crippen molar-refractivity contribution in [2.24, 2.45) is 0 Å². The van der Waals surface area contributed by atoms with E-state index in [2.05, 4.69) is 10.6 Å². The molecule has 0 saturated heterocycles. The van der Waals surface area contributed by atoms with E-state index >= 15 is 0 Å². The number of hydrogen-bond acceptors (Lipinski definition) is 2. The van der Waals surface area contributed by atoms with Gasteiger partial charge in [0.25, 0.3) is 0 Å². The minimum atomic E-state index is -0.411. The molecule has 1 aromatic rings. The Morgan fingerprint density at radius 1 is 1.35 bits per heavy atom. The van der Waals surface area contributed by atoms with Gasteiger partial charge >= 0.3 is 0 Å². The van der Waals surface area contributed by atoms with Crippen LogP contribution in [0.25, 0.3) is 0 Å². The molecule has 0 bridgehead atoms. The van der Waals surface area contributed by atoms with Gasteiger partial charge in [-0.2, -0.15) is 0 Å². The first-order valence-corrected chi connectivity index (χ1v) is 7.36. The summed E-state index contributed by atoms with van der Waals surface area (Å²) in [7, 11) is 1.90. The Labute approximate surface area is 123 Å². The Morgan fingerprint density at radius 3 is 2.70 bits per heavy atom. The van der Waals surface area contributed by atoms with Crippen molar-refractivity contribution >= 4 is 23.2 Å². The van der Waals surface area contributed by atoms with Crippen molar-refractivity contribution in [1.82, 2.24) is 5.32 Å². The quantitative estimate of drug-likeness (QED) is 0.889. The highest BCUT2D eigenvalue weighted by molar-refractivity contribution is 6.33. The van der Waals surface area contributed by atoms with Gasteiger partial charge in [0.2, 0.25) is 5.91 Å². The van der Waals surface area contributed by atoms with Gasteiger partial charge in [-0.1, -0.05) is 30.9 Å². The van der Waals surface area contributed by atoms with E-state index in [-0.39, 0.29) is 11.4 Å². The Kier molecular flexibility index (Phi) is 5.00. The second kappa shape index (κ2) is 6.55. The molecule has 0 unspecified atom stereocenters. The van der Waals surface area contributed by atoms with E-state index in [0.717, 1.165) is 25.7 Å². The van der Waals surface area contributed by atoms with Crippen LogP contribution >= 0.6 is 11.6 Å². The molecular formula is C15H20ClFN2O. The van der Waals surface area contributed by atoms with Crippen molar-refractivity contribution < 1.29 is 9.18 Å². The Balaban J connectivity index is 2.02. The minimum absolute atomic E-state index is 0.131. The maximum absolute atomic E-state index is 13.2. The first-order valence-electron chi connectivity index (χ1n) is 6.98. The van der Waals surface area contributed by atoms with Gasteiger partial charge in [-0.05, 0) is 38.1 Å². The molecule has 1 fully saturated rings. The summed E-state index contributed by atoms with van der Waals surface area (Å²) < 4.78 is 13.2. The van der Waals surface area contributed by atoms with Gasteiger partial charge in [-0.3, -0.25) is 4.79 Å². The highest BCUT2D eigenvalue weighted by Crippen LogP contribution is 2.31. The number of rotatable bonds is 4. The number of carbonyl (C=O) groups is 1. The van der Waals surface area contributed by atoms with E-state index in [1.807, 2.05) is 7.05 Å². The van der Waals surface area contributed by atoms with Crippen molar-refractivity contribution in [2.75, 3.05) is 12.4 Å². The van der Waals surface area contributed by atoms with Gasteiger partial charge in [-0.25, -0.2) is 4.39 Å². The second-order valence-corrected chi connectivity index (χ2v) is 5.85. The van der Waals surface area contributed by atoms with Crippen LogP contribution < -0.4 is 10.6 Å². The highest BCUT2D eigenvalue weighted by Gasteiger charge is 2.32. The van der Waals surface area contributed by atoms with Crippen LogP contribution in [0, 0.1) is 5.82 Å². The lowest BCUT2D eigenvalue weighted by molar-refractivity contribution is -0.117. The van der Waals surface area contributed by atoms with Crippen LogP contribution in [0.2, 0.25) is 5.02 Å². The fraction of sp³-hybridized carbons (Fsp3) is 0.533. The van der Waals surface area contributed by atoms with Gasteiger partial charge in [0.15, 0.2) is 0 Å². The van der Waals surface area contributed by atoms with E-state index in [1.165, 1.54) is 24.6 Å². The fourth-order valence-electron chi connectivity index (χ4n) is 2.84. The van der Waals surface area contributed by atoms with Crippen molar-refractivity contribution in [3.8, 4) is 0 Å². The maximum Gasteiger partial charge on any atom is 0.226 e. The molecule has 3 nitrogen and oxygen atoms in total. The molecule has 1 amide bonds. The van der Waals surface area contributed by atoms with Crippen molar-refractivity contribution in [3.05, 3.63) is 29.0 Å². The highest BCUT2D eigenvalue weighted by atomic mass is 35.5. The summed E-state index contributed by atoms with van der Waals surface area (Å²) in [5, 5.41) is 6.35.